The van der Waals surface area contributed by atoms with E-state index in [0.717, 1.165) is 0 Å². The second kappa shape index (κ2) is 11.1. The monoisotopic (exact) mass is 486 g/mol. The number of benzene rings is 2. The Morgan fingerprint density at radius 3 is 1.85 bits per heavy atom. The normalized spacial score (nSPS) is 11.3. The van der Waals surface area contributed by atoms with Crippen LogP contribution in [-0.4, -0.2) is 21.4 Å². The molecule has 4 aromatic rings. The lowest BCUT2D eigenvalue weighted by atomic mass is 9.98. The van der Waals surface area contributed by atoms with Gasteiger partial charge in [0.1, 0.15) is 11.6 Å². The molecule has 4 nitrogen and oxygen atoms in total. The molecule has 0 aliphatic heterocycles. The Morgan fingerprint density at radius 2 is 1.33 bits per heavy atom. The van der Waals surface area contributed by atoms with E-state index in [9.17, 15) is 18.7 Å². The maximum absolute atomic E-state index is 13.8. The molecule has 0 saturated carbocycles. The van der Waals surface area contributed by atoms with E-state index in [1.165, 1.54) is 30.7 Å². The van der Waals surface area contributed by atoms with E-state index in [1.54, 1.807) is 49.5 Å². The van der Waals surface area contributed by atoms with E-state index in [0.29, 0.717) is 49.7 Å². The molecular formula is C25H18Cl2F2N2O2. The molecular weight excluding hydrogens is 469 g/mol. The number of rotatable bonds is 4. The first-order valence-electron chi connectivity index (χ1n) is 9.73. The number of carbonyl (C=O) groups is 1. The van der Waals surface area contributed by atoms with Crippen LogP contribution in [0.5, 0.6) is 0 Å². The van der Waals surface area contributed by atoms with Gasteiger partial charge >= 0.3 is 0 Å². The van der Waals surface area contributed by atoms with Gasteiger partial charge in [0.2, 0.25) is 0 Å². The van der Waals surface area contributed by atoms with E-state index in [2.05, 4.69) is 9.97 Å². The Morgan fingerprint density at radius 1 is 0.818 bits per heavy atom. The summed E-state index contributed by atoms with van der Waals surface area (Å²) in [6.45, 7) is 1.62. The van der Waals surface area contributed by atoms with Gasteiger partial charge in [-0.1, -0.05) is 23.2 Å². The van der Waals surface area contributed by atoms with Crippen LogP contribution in [-0.2, 0) is 0 Å². The van der Waals surface area contributed by atoms with Crippen molar-refractivity contribution in [2.45, 2.75) is 13.0 Å². The lowest BCUT2D eigenvalue weighted by Gasteiger charge is -2.12. The van der Waals surface area contributed by atoms with Crippen LogP contribution in [0.4, 0.5) is 8.78 Å². The van der Waals surface area contributed by atoms with Crippen LogP contribution in [0.1, 0.15) is 28.9 Å². The number of aliphatic hydroxyl groups excluding tert-OH is 1. The van der Waals surface area contributed by atoms with Gasteiger partial charge in [0.05, 0.1) is 6.10 Å². The van der Waals surface area contributed by atoms with Gasteiger partial charge in [-0.2, -0.15) is 0 Å². The van der Waals surface area contributed by atoms with Gasteiger partial charge in [-0.15, -0.1) is 0 Å². The molecule has 0 aliphatic rings. The van der Waals surface area contributed by atoms with Crippen LogP contribution < -0.4 is 0 Å². The Balaban J connectivity index is 0.000000186. The van der Waals surface area contributed by atoms with Crippen molar-refractivity contribution in [1.82, 2.24) is 9.97 Å². The summed E-state index contributed by atoms with van der Waals surface area (Å²) >= 11 is 11.4. The molecule has 0 amide bonds. The predicted octanol–water partition coefficient (Wildman–Crippen LogP) is 6.95. The van der Waals surface area contributed by atoms with Gasteiger partial charge in [-0.25, -0.2) is 8.78 Å². The van der Waals surface area contributed by atoms with Gasteiger partial charge in [0.15, 0.2) is 6.29 Å². The standard InChI is InChI=1S/C13H11ClFNO.C12H7ClFNO/c1-8(17)12-7-16-5-4-10(12)11-3-2-9(14)6-13(11)15;13-9-1-2-11(12(14)5-9)10-3-4-15-6-8(10)7-16/h2-8,17H,1H3;1-7H. The number of pyridine rings is 2. The second-order valence-corrected chi connectivity index (χ2v) is 7.84. The molecule has 0 aliphatic carbocycles. The molecule has 0 saturated heterocycles. The van der Waals surface area contributed by atoms with Crippen molar-refractivity contribution in [3.8, 4) is 22.3 Å². The van der Waals surface area contributed by atoms with Gasteiger partial charge < -0.3 is 5.11 Å². The topological polar surface area (TPSA) is 63.1 Å². The molecule has 0 fully saturated rings. The fourth-order valence-electron chi connectivity index (χ4n) is 3.15. The molecule has 1 atom stereocenters. The maximum atomic E-state index is 13.8. The molecule has 2 aromatic heterocycles. The first-order valence-corrected chi connectivity index (χ1v) is 10.5. The Bertz CT molecular complexity index is 1280. The molecule has 168 valence electrons. The number of hydrogen-bond donors (Lipinski definition) is 1. The maximum Gasteiger partial charge on any atom is 0.152 e. The smallest absolute Gasteiger partial charge is 0.152 e. The summed E-state index contributed by atoms with van der Waals surface area (Å²) in [5.74, 6) is -0.868. The molecule has 1 unspecified atom stereocenters. The number of aliphatic hydroxyl groups is 1. The van der Waals surface area contributed by atoms with Crippen molar-refractivity contribution in [3.63, 3.8) is 0 Å². The highest BCUT2D eigenvalue weighted by molar-refractivity contribution is 6.31. The van der Waals surface area contributed by atoms with E-state index >= 15 is 0 Å². The van der Waals surface area contributed by atoms with Crippen LogP contribution in [0.2, 0.25) is 10.0 Å². The van der Waals surface area contributed by atoms with Crippen molar-refractivity contribution in [3.05, 3.63) is 106 Å². The first-order chi connectivity index (χ1) is 15.8. The minimum absolute atomic E-state index is 0.322. The third kappa shape index (κ3) is 5.99. The Labute approximate surface area is 199 Å². The lowest BCUT2D eigenvalue weighted by molar-refractivity contribution is 0.112. The average Bonchev–Trinajstić information content (AvgIpc) is 2.79. The number of hydrogen-bond acceptors (Lipinski definition) is 4. The van der Waals surface area contributed by atoms with Crippen LogP contribution in [0.15, 0.2) is 73.3 Å². The number of carbonyl (C=O) groups excluding carboxylic acids is 1. The lowest BCUT2D eigenvalue weighted by Crippen LogP contribution is -1.97. The van der Waals surface area contributed by atoms with Crippen molar-refractivity contribution < 1.29 is 18.7 Å². The molecule has 0 bridgehead atoms. The highest BCUT2D eigenvalue weighted by Crippen LogP contribution is 2.31. The Kier molecular flexibility index (Phi) is 8.22. The van der Waals surface area contributed by atoms with Gasteiger partial charge in [-0.3, -0.25) is 14.8 Å². The fourth-order valence-corrected chi connectivity index (χ4v) is 3.46. The largest absolute Gasteiger partial charge is 0.389 e. The van der Waals surface area contributed by atoms with E-state index in [4.69, 9.17) is 23.2 Å². The van der Waals surface area contributed by atoms with Crippen LogP contribution in [0.25, 0.3) is 22.3 Å². The molecule has 0 spiro atoms. The summed E-state index contributed by atoms with van der Waals surface area (Å²) in [5.41, 5.74) is 2.84. The van der Waals surface area contributed by atoms with Crippen molar-refractivity contribution in [2.24, 2.45) is 0 Å². The molecule has 2 heterocycles. The van der Waals surface area contributed by atoms with E-state index in [1.807, 2.05) is 0 Å². The molecule has 33 heavy (non-hydrogen) atoms. The average molecular weight is 487 g/mol. The molecule has 2 aromatic carbocycles. The van der Waals surface area contributed by atoms with Gasteiger partial charge in [-0.05, 0) is 66.6 Å². The van der Waals surface area contributed by atoms with Crippen LogP contribution >= 0.6 is 23.2 Å². The minimum Gasteiger partial charge on any atom is -0.389 e. The number of nitrogens with zero attached hydrogens (tertiary/aromatic N) is 2. The van der Waals surface area contributed by atoms with Crippen LogP contribution in [0.3, 0.4) is 0 Å². The summed E-state index contributed by atoms with van der Waals surface area (Å²) in [6.07, 6.45) is 5.96. The van der Waals surface area contributed by atoms with Gasteiger partial charge in [0.25, 0.3) is 0 Å². The number of aromatic nitrogens is 2. The van der Waals surface area contributed by atoms with Crippen molar-refractivity contribution >= 4 is 29.5 Å². The summed E-state index contributed by atoms with van der Waals surface area (Å²) in [7, 11) is 0. The third-order valence-corrected chi connectivity index (χ3v) is 5.19. The van der Waals surface area contributed by atoms with Crippen LogP contribution in [0, 0.1) is 11.6 Å². The number of aldehydes is 1. The van der Waals surface area contributed by atoms with Crippen molar-refractivity contribution in [2.75, 3.05) is 0 Å². The molecule has 1 N–H and O–H groups in total. The summed E-state index contributed by atoms with van der Waals surface area (Å²) in [6, 6.07) is 12.1. The minimum atomic E-state index is -0.700. The first kappa shape index (κ1) is 24.5. The zero-order valence-electron chi connectivity index (χ0n) is 17.3. The zero-order valence-corrected chi connectivity index (χ0v) is 18.9. The SMILES string of the molecule is CC(O)c1cnccc1-c1ccc(Cl)cc1F.O=Cc1cnccc1-c1ccc(Cl)cc1F. The fraction of sp³-hybridized carbons (Fsp3) is 0.0800. The van der Waals surface area contributed by atoms with E-state index in [-0.39, 0.29) is 0 Å². The highest BCUT2D eigenvalue weighted by Gasteiger charge is 2.13. The predicted molar refractivity (Wildman–Crippen MR) is 125 cm³/mol. The summed E-state index contributed by atoms with van der Waals surface area (Å²) in [5, 5.41) is 10.3. The van der Waals surface area contributed by atoms with Crippen molar-refractivity contribution in [1.29, 1.82) is 0 Å². The summed E-state index contributed by atoms with van der Waals surface area (Å²) in [4.78, 5) is 18.5. The molecule has 0 radical (unpaired) electrons. The number of halogens is 4. The quantitative estimate of drug-likeness (QED) is 0.317. The molecule has 4 rings (SSSR count). The second-order valence-electron chi connectivity index (χ2n) is 6.97. The van der Waals surface area contributed by atoms with E-state index < -0.39 is 17.7 Å². The zero-order chi connectivity index (χ0) is 24.0. The highest BCUT2D eigenvalue weighted by atomic mass is 35.5. The van der Waals surface area contributed by atoms with Gasteiger partial charge in [0, 0.05) is 57.1 Å². The third-order valence-electron chi connectivity index (χ3n) is 4.72. The summed E-state index contributed by atoms with van der Waals surface area (Å²) < 4.78 is 27.4. The Hall–Kier alpha value is -3.19. The molecule has 8 heteroatoms.